The van der Waals surface area contributed by atoms with Crippen molar-refractivity contribution in [2.24, 2.45) is 0 Å². The van der Waals surface area contributed by atoms with Gasteiger partial charge < -0.3 is 10.2 Å². The van der Waals surface area contributed by atoms with Gasteiger partial charge in [0.25, 0.3) is 5.91 Å². The van der Waals surface area contributed by atoms with Crippen LogP contribution >= 0.6 is 0 Å². The molecule has 6 heteroatoms. The molecular weight excluding hydrogens is 307 g/mol. The van der Waals surface area contributed by atoms with E-state index < -0.39 is 0 Å². The zero-order valence-corrected chi connectivity index (χ0v) is 14.6. The van der Waals surface area contributed by atoms with Crippen LogP contribution in [0.1, 0.15) is 36.8 Å². The molecule has 0 spiro atoms. The molecular formula is C18H25FN4O. The largest absolute Gasteiger partial charge is 0.351 e. The van der Waals surface area contributed by atoms with Gasteiger partial charge in [-0.3, -0.25) is 4.79 Å². The Hall–Kier alpha value is -2.21. The molecule has 0 unspecified atom stereocenters. The van der Waals surface area contributed by atoms with Gasteiger partial charge in [-0.15, -0.1) is 0 Å². The van der Waals surface area contributed by atoms with E-state index in [0.717, 1.165) is 31.0 Å². The van der Waals surface area contributed by atoms with Crippen LogP contribution in [-0.4, -0.2) is 46.8 Å². The van der Waals surface area contributed by atoms with E-state index in [4.69, 9.17) is 0 Å². The van der Waals surface area contributed by atoms with E-state index in [-0.39, 0.29) is 11.7 Å². The van der Waals surface area contributed by atoms with Crippen LogP contribution in [0.4, 0.5) is 4.39 Å². The van der Waals surface area contributed by atoms with Gasteiger partial charge in [-0.05, 0) is 43.8 Å². The average Bonchev–Trinajstić information content (AvgIpc) is 3.03. The van der Waals surface area contributed by atoms with Gasteiger partial charge in [-0.25, -0.2) is 9.07 Å². The van der Waals surface area contributed by atoms with Crippen molar-refractivity contribution in [3.05, 3.63) is 47.5 Å². The van der Waals surface area contributed by atoms with E-state index >= 15 is 0 Å². The number of nitrogens with one attached hydrogen (secondary N) is 1. The Morgan fingerprint density at radius 2 is 1.88 bits per heavy atom. The van der Waals surface area contributed by atoms with Crippen molar-refractivity contribution in [1.82, 2.24) is 20.0 Å². The van der Waals surface area contributed by atoms with Gasteiger partial charge in [-0.2, -0.15) is 5.10 Å². The first kappa shape index (κ1) is 18.1. The molecule has 0 saturated carbocycles. The molecule has 0 bridgehead atoms. The number of likely N-dealkylation sites (N-methyl/N-ethyl adjacent to an activating group) is 1. The molecule has 1 amide bonds. The number of hydrogen-bond acceptors (Lipinski definition) is 3. The van der Waals surface area contributed by atoms with Gasteiger partial charge >= 0.3 is 0 Å². The first-order chi connectivity index (χ1) is 11.6. The lowest BCUT2D eigenvalue weighted by Gasteiger charge is -2.18. The number of benzene rings is 1. The molecule has 0 fully saturated rings. The molecule has 1 aromatic heterocycles. The Bertz CT molecular complexity index is 662. The lowest BCUT2D eigenvalue weighted by atomic mass is 10.2. The summed E-state index contributed by atoms with van der Waals surface area (Å²) in [4.78, 5) is 14.7. The monoisotopic (exact) mass is 332 g/mol. The lowest BCUT2D eigenvalue weighted by molar-refractivity contribution is 0.0948. The van der Waals surface area contributed by atoms with E-state index in [1.807, 2.05) is 6.92 Å². The van der Waals surface area contributed by atoms with E-state index in [2.05, 4.69) is 29.2 Å². The van der Waals surface area contributed by atoms with Crippen molar-refractivity contribution in [2.45, 2.75) is 27.2 Å². The molecule has 2 rings (SSSR count). The fourth-order valence-corrected chi connectivity index (χ4v) is 2.67. The molecule has 1 heterocycles. The summed E-state index contributed by atoms with van der Waals surface area (Å²) in [6.45, 7) is 9.55. The quantitative estimate of drug-likeness (QED) is 0.808. The van der Waals surface area contributed by atoms with Crippen LogP contribution in [-0.2, 0) is 6.42 Å². The second kappa shape index (κ2) is 8.59. The summed E-state index contributed by atoms with van der Waals surface area (Å²) in [5.74, 6) is -0.411. The van der Waals surface area contributed by atoms with Crippen LogP contribution in [0.25, 0.3) is 5.69 Å². The summed E-state index contributed by atoms with van der Waals surface area (Å²) in [5, 5.41) is 7.26. The molecule has 2 aromatic rings. The number of halogens is 1. The van der Waals surface area contributed by atoms with Crippen LogP contribution in [0.2, 0.25) is 0 Å². The van der Waals surface area contributed by atoms with Crippen molar-refractivity contribution in [3.8, 4) is 5.69 Å². The average molecular weight is 332 g/mol. The molecule has 5 nitrogen and oxygen atoms in total. The first-order valence-electron chi connectivity index (χ1n) is 8.44. The second-order valence-corrected chi connectivity index (χ2v) is 5.53. The molecule has 24 heavy (non-hydrogen) atoms. The maximum atomic E-state index is 13.1. The highest BCUT2D eigenvalue weighted by atomic mass is 19.1. The van der Waals surface area contributed by atoms with Crippen LogP contribution in [0.3, 0.4) is 0 Å². The summed E-state index contributed by atoms with van der Waals surface area (Å²) in [6.07, 6.45) is 2.24. The summed E-state index contributed by atoms with van der Waals surface area (Å²) in [6, 6.07) is 6.09. The van der Waals surface area contributed by atoms with Crippen molar-refractivity contribution in [3.63, 3.8) is 0 Å². The highest BCUT2D eigenvalue weighted by molar-refractivity contribution is 5.95. The number of carbonyl (C=O) groups excluding carboxylic acids is 1. The topological polar surface area (TPSA) is 50.2 Å². The van der Waals surface area contributed by atoms with Crippen LogP contribution in [0.15, 0.2) is 30.5 Å². The van der Waals surface area contributed by atoms with Crippen molar-refractivity contribution in [2.75, 3.05) is 26.2 Å². The molecule has 0 aliphatic carbocycles. The van der Waals surface area contributed by atoms with Crippen LogP contribution < -0.4 is 5.32 Å². The fourth-order valence-electron chi connectivity index (χ4n) is 2.67. The predicted octanol–water partition coefficient (Wildman–Crippen LogP) is 2.65. The molecule has 0 radical (unpaired) electrons. The van der Waals surface area contributed by atoms with Crippen LogP contribution in [0.5, 0.6) is 0 Å². The van der Waals surface area contributed by atoms with Crippen molar-refractivity contribution >= 4 is 5.91 Å². The Morgan fingerprint density at radius 1 is 1.21 bits per heavy atom. The summed E-state index contributed by atoms with van der Waals surface area (Å²) in [7, 11) is 0. The standard InChI is InChI=1S/C18H25FN4O/c1-4-17-16(18(24)20-11-12-22(5-2)6-3)13-21-23(17)15-9-7-14(19)8-10-15/h7-10,13H,4-6,11-12H2,1-3H3,(H,20,24). The van der Waals surface area contributed by atoms with E-state index in [9.17, 15) is 9.18 Å². The number of aromatic nitrogens is 2. The number of rotatable bonds is 8. The molecule has 0 aliphatic rings. The van der Waals surface area contributed by atoms with Crippen molar-refractivity contribution < 1.29 is 9.18 Å². The minimum atomic E-state index is -0.293. The Labute approximate surface area is 142 Å². The molecule has 130 valence electrons. The van der Waals surface area contributed by atoms with Gasteiger partial charge in [0.2, 0.25) is 0 Å². The SMILES string of the molecule is CCc1c(C(=O)NCCN(CC)CC)cnn1-c1ccc(F)cc1. The molecule has 0 atom stereocenters. The predicted molar refractivity (Wildman–Crippen MR) is 93.0 cm³/mol. The highest BCUT2D eigenvalue weighted by Gasteiger charge is 2.17. The Kier molecular flexibility index (Phi) is 6.49. The Morgan fingerprint density at radius 3 is 2.46 bits per heavy atom. The number of hydrogen-bond donors (Lipinski definition) is 1. The lowest BCUT2D eigenvalue weighted by Crippen LogP contribution is -2.35. The van der Waals surface area contributed by atoms with Crippen LogP contribution in [0, 0.1) is 5.82 Å². The summed E-state index contributed by atoms with van der Waals surface area (Å²) < 4.78 is 14.8. The van der Waals surface area contributed by atoms with E-state index in [1.165, 1.54) is 12.1 Å². The third kappa shape index (κ3) is 4.20. The highest BCUT2D eigenvalue weighted by Crippen LogP contribution is 2.16. The minimum absolute atomic E-state index is 0.118. The number of nitrogens with zero attached hydrogens (tertiary/aromatic N) is 3. The third-order valence-electron chi connectivity index (χ3n) is 4.13. The smallest absolute Gasteiger partial charge is 0.254 e. The zero-order chi connectivity index (χ0) is 17.5. The minimum Gasteiger partial charge on any atom is -0.351 e. The maximum absolute atomic E-state index is 13.1. The summed E-state index contributed by atoms with van der Waals surface area (Å²) in [5.41, 5.74) is 2.14. The van der Waals surface area contributed by atoms with Gasteiger partial charge in [0.1, 0.15) is 5.82 Å². The third-order valence-corrected chi connectivity index (χ3v) is 4.13. The molecule has 1 N–H and O–H groups in total. The van der Waals surface area contributed by atoms with Gasteiger partial charge in [-0.1, -0.05) is 20.8 Å². The fraction of sp³-hybridized carbons (Fsp3) is 0.444. The maximum Gasteiger partial charge on any atom is 0.254 e. The summed E-state index contributed by atoms with van der Waals surface area (Å²) >= 11 is 0. The normalized spacial score (nSPS) is 11.0. The second-order valence-electron chi connectivity index (χ2n) is 5.53. The number of carbonyl (C=O) groups is 1. The Balaban J connectivity index is 2.10. The zero-order valence-electron chi connectivity index (χ0n) is 14.6. The van der Waals surface area contributed by atoms with Gasteiger partial charge in [0.05, 0.1) is 23.1 Å². The molecule has 0 saturated heterocycles. The molecule has 0 aliphatic heterocycles. The molecule has 1 aromatic carbocycles. The van der Waals surface area contributed by atoms with Crippen molar-refractivity contribution in [1.29, 1.82) is 0 Å². The number of amides is 1. The van der Waals surface area contributed by atoms with Gasteiger partial charge in [0, 0.05) is 13.1 Å². The van der Waals surface area contributed by atoms with Gasteiger partial charge in [0.15, 0.2) is 0 Å². The van der Waals surface area contributed by atoms with E-state index in [1.54, 1.807) is 23.0 Å². The first-order valence-corrected chi connectivity index (χ1v) is 8.44. The van der Waals surface area contributed by atoms with E-state index in [0.29, 0.717) is 18.5 Å².